The van der Waals surface area contributed by atoms with Crippen molar-refractivity contribution in [3.8, 4) is 0 Å². The van der Waals surface area contributed by atoms with Gasteiger partial charge in [-0.3, -0.25) is 11.3 Å². The molecule has 82 valence electrons. The maximum Gasteiger partial charge on any atom is 0.248 e. The molecule has 0 spiro atoms. The molecule has 1 saturated carbocycles. The Bertz CT molecular complexity index is 199. The number of nitrogens with two attached hydrogens (primary N) is 1. The van der Waals surface area contributed by atoms with Gasteiger partial charge < -0.3 is 4.74 Å². The van der Waals surface area contributed by atoms with Crippen LogP contribution in [-0.4, -0.2) is 25.2 Å². The molecule has 1 aliphatic carbocycles. The molecule has 14 heavy (non-hydrogen) atoms. The van der Waals surface area contributed by atoms with E-state index in [4.69, 9.17) is 10.6 Å². The molecule has 2 rings (SSSR count). The number of halogens is 2. The maximum atomic E-state index is 12.7. The van der Waals surface area contributed by atoms with Crippen LogP contribution in [0.4, 0.5) is 8.78 Å². The molecule has 1 saturated heterocycles. The third-order valence-corrected chi connectivity index (χ3v) is 3.29. The lowest BCUT2D eigenvalue weighted by Gasteiger charge is -2.41. The number of hydrogen-bond acceptors (Lipinski definition) is 3. The maximum absolute atomic E-state index is 12.7. The first-order valence-electron chi connectivity index (χ1n) is 5.04. The molecule has 0 aromatic heterocycles. The summed E-state index contributed by atoms with van der Waals surface area (Å²) in [5.41, 5.74) is 2.67. The van der Waals surface area contributed by atoms with Gasteiger partial charge >= 0.3 is 0 Å². The Balaban J connectivity index is 1.87. The molecule has 0 amide bonds. The van der Waals surface area contributed by atoms with Crippen LogP contribution in [0.15, 0.2) is 0 Å². The number of hydrogen-bond donors (Lipinski definition) is 2. The Morgan fingerprint density at radius 1 is 1.36 bits per heavy atom. The van der Waals surface area contributed by atoms with Crippen molar-refractivity contribution < 1.29 is 13.5 Å². The molecule has 2 unspecified atom stereocenters. The first-order valence-corrected chi connectivity index (χ1v) is 5.04. The van der Waals surface area contributed by atoms with Crippen molar-refractivity contribution in [2.45, 2.75) is 31.2 Å². The lowest BCUT2D eigenvalue weighted by molar-refractivity contribution is -0.124. The predicted molar refractivity (Wildman–Crippen MR) is 47.7 cm³/mol. The van der Waals surface area contributed by atoms with Gasteiger partial charge in [0, 0.05) is 31.4 Å². The van der Waals surface area contributed by atoms with E-state index in [0.29, 0.717) is 12.5 Å². The molecule has 3 N–H and O–H groups in total. The fraction of sp³-hybridized carbons (Fsp3) is 1.00. The van der Waals surface area contributed by atoms with E-state index in [-0.39, 0.29) is 24.8 Å². The van der Waals surface area contributed by atoms with Gasteiger partial charge in [-0.25, -0.2) is 8.78 Å². The smallest absolute Gasteiger partial charge is 0.248 e. The van der Waals surface area contributed by atoms with E-state index in [0.717, 1.165) is 13.0 Å². The van der Waals surface area contributed by atoms with Crippen molar-refractivity contribution >= 4 is 0 Å². The summed E-state index contributed by atoms with van der Waals surface area (Å²) >= 11 is 0. The summed E-state index contributed by atoms with van der Waals surface area (Å²) in [5, 5.41) is 0. The summed E-state index contributed by atoms with van der Waals surface area (Å²) in [6.07, 6.45) is 0.869. The molecule has 2 aliphatic rings. The van der Waals surface area contributed by atoms with Crippen molar-refractivity contribution in [3.63, 3.8) is 0 Å². The quantitative estimate of drug-likeness (QED) is 0.532. The Kier molecular flexibility index (Phi) is 2.72. The van der Waals surface area contributed by atoms with Crippen LogP contribution in [0.25, 0.3) is 0 Å². The Morgan fingerprint density at radius 3 is 2.50 bits per heavy atom. The second kappa shape index (κ2) is 3.72. The summed E-state index contributed by atoms with van der Waals surface area (Å²) in [7, 11) is 0. The van der Waals surface area contributed by atoms with E-state index in [9.17, 15) is 8.78 Å². The molecule has 1 aliphatic heterocycles. The highest BCUT2D eigenvalue weighted by atomic mass is 19.3. The minimum absolute atomic E-state index is 0.00266. The summed E-state index contributed by atoms with van der Waals surface area (Å²) in [4.78, 5) is 0. The van der Waals surface area contributed by atoms with Gasteiger partial charge in [-0.05, 0) is 12.3 Å². The number of rotatable bonds is 3. The van der Waals surface area contributed by atoms with E-state index in [1.165, 1.54) is 0 Å². The highest BCUT2D eigenvalue weighted by molar-refractivity contribution is 4.95. The third kappa shape index (κ3) is 1.89. The number of alkyl halides is 2. The van der Waals surface area contributed by atoms with Gasteiger partial charge in [0.05, 0.1) is 6.61 Å². The normalized spacial score (nSPS) is 34.1. The van der Waals surface area contributed by atoms with Crippen LogP contribution >= 0.6 is 0 Å². The zero-order valence-corrected chi connectivity index (χ0v) is 8.01. The first-order chi connectivity index (χ1) is 6.62. The summed E-state index contributed by atoms with van der Waals surface area (Å²) in [6.45, 7) is 1.38. The molecular formula is C9H16F2N2O. The topological polar surface area (TPSA) is 47.3 Å². The van der Waals surface area contributed by atoms with Crippen LogP contribution in [0.3, 0.4) is 0 Å². The van der Waals surface area contributed by atoms with Gasteiger partial charge in [0.15, 0.2) is 0 Å². The molecule has 0 aromatic rings. The monoisotopic (exact) mass is 206 g/mol. The summed E-state index contributed by atoms with van der Waals surface area (Å²) < 4.78 is 30.6. The average Bonchev–Trinajstić information content (AvgIpc) is 2.55. The minimum atomic E-state index is -2.46. The predicted octanol–water partition coefficient (Wildman–Crippen LogP) is 0.900. The number of hydrazine groups is 1. The minimum Gasteiger partial charge on any atom is -0.381 e. The van der Waals surface area contributed by atoms with Crippen LogP contribution in [0.2, 0.25) is 0 Å². The molecule has 2 atom stereocenters. The van der Waals surface area contributed by atoms with Gasteiger partial charge in [0.1, 0.15) is 0 Å². The van der Waals surface area contributed by atoms with Crippen LogP contribution < -0.4 is 11.3 Å². The van der Waals surface area contributed by atoms with Gasteiger partial charge in [0.2, 0.25) is 5.92 Å². The zero-order valence-electron chi connectivity index (χ0n) is 8.01. The van der Waals surface area contributed by atoms with E-state index in [1.807, 2.05) is 0 Å². The van der Waals surface area contributed by atoms with Crippen molar-refractivity contribution in [1.29, 1.82) is 0 Å². The van der Waals surface area contributed by atoms with Crippen LogP contribution in [0, 0.1) is 11.8 Å². The van der Waals surface area contributed by atoms with Crippen LogP contribution in [-0.2, 0) is 4.74 Å². The molecule has 2 fully saturated rings. The fourth-order valence-electron chi connectivity index (χ4n) is 2.45. The Labute approximate surface area is 82.0 Å². The largest absolute Gasteiger partial charge is 0.381 e. The van der Waals surface area contributed by atoms with E-state index < -0.39 is 5.92 Å². The molecule has 0 bridgehead atoms. The molecule has 1 heterocycles. The van der Waals surface area contributed by atoms with E-state index in [2.05, 4.69) is 5.43 Å². The first kappa shape index (κ1) is 10.3. The van der Waals surface area contributed by atoms with Crippen molar-refractivity contribution in [3.05, 3.63) is 0 Å². The average molecular weight is 206 g/mol. The van der Waals surface area contributed by atoms with Crippen molar-refractivity contribution in [1.82, 2.24) is 5.43 Å². The molecule has 0 aromatic carbocycles. The van der Waals surface area contributed by atoms with Gasteiger partial charge in [-0.15, -0.1) is 0 Å². The fourth-order valence-corrected chi connectivity index (χ4v) is 2.45. The molecule has 3 nitrogen and oxygen atoms in total. The Morgan fingerprint density at radius 2 is 2.07 bits per heavy atom. The highest BCUT2D eigenvalue weighted by Crippen LogP contribution is 2.45. The number of nitrogens with one attached hydrogen (secondary N) is 1. The highest BCUT2D eigenvalue weighted by Gasteiger charge is 2.50. The van der Waals surface area contributed by atoms with Gasteiger partial charge in [-0.2, -0.15) is 0 Å². The standard InChI is InChI=1S/C9H16F2N2O/c10-9(11)3-7(4-9)8(13-12)6-1-2-14-5-6/h6-8,13H,1-5,12H2. The van der Waals surface area contributed by atoms with Gasteiger partial charge in [0.25, 0.3) is 0 Å². The van der Waals surface area contributed by atoms with Crippen LogP contribution in [0.5, 0.6) is 0 Å². The SMILES string of the molecule is NNC(C1CCOC1)C1CC(F)(F)C1. The summed E-state index contributed by atoms with van der Waals surface area (Å²) in [6, 6.07) is -0.00266. The number of ether oxygens (including phenoxy) is 1. The lowest BCUT2D eigenvalue weighted by Crippen LogP contribution is -2.53. The molecule has 5 heteroatoms. The Hall–Kier alpha value is -0.260. The third-order valence-electron chi connectivity index (χ3n) is 3.29. The molecular weight excluding hydrogens is 190 g/mol. The van der Waals surface area contributed by atoms with Crippen molar-refractivity contribution in [2.75, 3.05) is 13.2 Å². The van der Waals surface area contributed by atoms with E-state index >= 15 is 0 Å². The zero-order chi connectivity index (χ0) is 10.2. The summed E-state index contributed by atoms with van der Waals surface area (Å²) in [5.74, 6) is 3.26. The van der Waals surface area contributed by atoms with Gasteiger partial charge in [-0.1, -0.05) is 0 Å². The second-order valence-electron chi connectivity index (χ2n) is 4.34. The van der Waals surface area contributed by atoms with Crippen molar-refractivity contribution in [2.24, 2.45) is 17.7 Å². The van der Waals surface area contributed by atoms with E-state index in [1.54, 1.807) is 0 Å². The molecule has 0 radical (unpaired) electrons. The lowest BCUT2D eigenvalue weighted by atomic mass is 9.72. The second-order valence-corrected chi connectivity index (χ2v) is 4.34. The van der Waals surface area contributed by atoms with Crippen LogP contribution in [0.1, 0.15) is 19.3 Å².